The molecule has 0 spiro atoms. The normalized spacial score (nSPS) is 14.2. The van der Waals surface area contributed by atoms with Crippen molar-refractivity contribution in [2.75, 3.05) is 32.4 Å². The van der Waals surface area contributed by atoms with Crippen LogP contribution in [0.4, 0.5) is 0 Å². The van der Waals surface area contributed by atoms with E-state index in [0.29, 0.717) is 25.6 Å². The molecule has 2 N–H and O–H groups in total. The number of hydrogen-bond donors (Lipinski definition) is 2. The fourth-order valence-electron chi connectivity index (χ4n) is 2.30. The highest BCUT2D eigenvalue weighted by molar-refractivity contribution is 7.89. The van der Waals surface area contributed by atoms with Crippen molar-refractivity contribution in [2.45, 2.75) is 66.3 Å². The van der Waals surface area contributed by atoms with Gasteiger partial charge in [0.05, 0.1) is 5.75 Å². The molecule has 1 atom stereocenters. The lowest BCUT2D eigenvalue weighted by molar-refractivity contribution is 0.464. The first-order chi connectivity index (χ1) is 11.2. The van der Waals surface area contributed by atoms with Crippen molar-refractivity contribution in [1.29, 1.82) is 0 Å². The number of guanidine groups is 1. The molecule has 6 nitrogen and oxygen atoms in total. The summed E-state index contributed by atoms with van der Waals surface area (Å²) in [5, 5.41) is 6.68. The van der Waals surface area contributed by atoms with Crippen LogP contribution in [-0.4, -0.2) is 57.2 Å². The van der Waals surface area contributed by atoms with Crippen LogP contribution in [0, 0.1) is 5.92 Å². The number of hydrogen-bond acceptors (Lipinski definition) is 3. The molecular formula is C17H38N4O2S. The van der Waals surface area contributed by atoms with Crippen LogP contribution < -0.4 is 10.6 Å². The Morgan fingerprint density at radius 3 is 2.33 bits per heavy atom. The largest absolute Gasteiger partial charge is 0.357 e. The van der Waals surface area contributed by atoms with Gasteiger partial charge in [-0.25, -0.2) is 12.7 Å². The molecule has 0 radical (unpaired) electrons. The van der Waals surface area contributed by atoms with E-state index in [1.165, 1.54) is 17.1 Å². The predicted octanol–water partition coefficient (Wildman–Crippen LogP) is 2.43. The van der Waals surface area contributed by atoms with E-state index < -0.39 is 10.0 Å². The van der Waals surface area contributed by atoms with Gasteiger partial charge in [0.15, 0.2) is 5.96 Å². The lowest BCUT2D eigenvalue weighted by atomic mass is 10.0. The maximum Gasteiger partial charge on any atom is 0.213 e. The van der Waals surface area contributed by atoms with Crippen molar-refractivity contribution in [3.63, 3.8) is 0 Å². The number of nitrogens with zero attached hydrogens (tertiary/aromatic N) is 2. The fraction of sp³-hybridized carbons (Fsp3) is 0.941. The van der Waals surface area contributed by atoms with Crippen molar-refractivity contribution in [3.05, 3.63) is 0 Å². The van der Waals surface area contributed by atoms with Crippen molar-refractivity contribution in [3.8, 4) is 0 Å². The number of sulfonamides is 1. The van der Waals surface area contributed by atoms with Crippen LogP contribution in [0.5, 0.6) is 0 Å². The molecular weight excluding hydrogens is 324 g/mol. The summed E-state index contributed by atoms with van der Waals surface area (Å²) in [4.78, 5) is 4.55. The van der Waals surface area contributed by atoms with Crippen molar-refractivity contribution in [2.24, 2.45) is 10.9 Å². The molecule has 0 rings (SSSR count). The van der Waals surface area contributed by atoms with Crippen molar-refractivity contribution in [1.82, 2.24) is 14.9 Å². The van der Waals surface area contributed by atoms with Crippen LogP contribution in [0.2, 0.25) is 0 Å². The first-order valence-corrected chi connectivity index (χ1v) is 10.8. The Hall–Kier alpha value is -0.820. The zero-order valence-electron chi connectivity index (χ0n) is 16.4. The molecule has 0 aliphatic rings. The molecule has 0 aromatic carbocycles. The smallest absolute Gasteiger partial charge is 0.213 e. The van der Waals surface area contributed by atoms with E-state index >= 15 is 0 Å². The summed E-state index contributed by atoms with van der Waals surface area (Å²) in [6.07, 6.45) is 4.30. The fourth-order valence-corrected chi connectivity index (χ4v) is 3.15. The topological polar surface area (TPSA) is 73.8 Å². The van der Waals surface area contributed by atoms with Gasteiger partial charge in [-0.1, -0.05) is 26.7 Å². The molecule has 0 aliphatic carbocycles. The summed E-state index contributed by atoms with van der Waals surface area (Å²) in [7, 11) is -1.46. The second kappa shape index (κ2) is 12.5. The van der Waals surface area contributed by atoms with E-state index in [4.69, 9.17) is 0 Å². The summed E-state index contributed by atoms with van der Waals surface area (Å²) < 4.78 is 24.8. The van der Waals surface area contributed by atoms with Crippen LogP contribution >= 0.6 is 0 Å². The number of nitrogens with one attached hydrogen (secondary N) is 2. The lowest BCUT2D eigenvalue weighted by Gasteiger charge is -2.18. The van der Waals surface area contributed by atoms with Gasteiger partial charge in [-0.15, -0.1) is 0 Å². The molecule has 0 aromatic heterocycles. The Morgan fingerprint density at radius 1 is 1.12 bits per heavy atom. The van der Waals surface area contributed by atoms with Gasteiger partial charge in [-0.3, -0.25) is 4.99 Å². The number of rotatable bonds is 12. The molecule has 0 heterocycles. The minimum atomic E-state index is -3.09. The maximum atomic E-state index is 11.7. The van der Waals surface area contributed by atoms with Crippen LogP contribution in [0.3, 0.4) is 0 Å². The Bertz CT molecular complexity index is 450. The average molecular weight is 363 g/mol. The highest BCUT2D eigenvalue weighted by Gasteiger charge is 2.13. The Morgan fingerprint density at radius 2 is 1.79 bits per heavy atom. The SMILES string of the molecule is CCNC(=NCCCN(C)S(=O)(=O)CC)NC(C)CCCC(C)C. The summed E-state index contributed by atoms with van der Waals surface area (Å²) in [5.74, 6) is 1.70. The molecule has 0 saturated heterocycles. The summed E-state index contributed by atoms with van der Waals surface area (Å²) in [6, 6.07) is 0.379. The molecule has 24 heavy (non-hydrogen) atoms. The molecule has 7 heteroatoms. The van der Waals surface area contributed by atoms with E-state index in [0.717, 1.165) is 24.8 Å². The molecule has 0 saturated carbocycles. The van der Waals surface area contributed by atoms with Crippen molar-refractivity contribution >= 4 is 16.0 Å². The van der Waals surface area contributed by atoms with E-state index in [9.17, 15) is 8.42 Å². The minimum Gasteiger partial charge on any atom is -0.357 e. The van der Waals surface area contributed by atoms with Crippen LogP contribution in [0.25, 0.3) is 0 Å². The Labute approximate surface area is 149 Å². The third-order valence-corrected chi connectivity index (χ3v) is 5.75. The van der Waals surface area contributed by atoms with Gasteiger partial charge in [0.1, 0.15) is 0 Å². The van der Waals surface area contributed by atoms with Gasteiger partial charge < -0.3 is 10.6 Å². The first kappa shape index (κ1) is 23.2. The second-order valence-electron chi connectivity index (χ2n) is 6.71. The van der Waals surface area contributed by atoms with Crippen LogP contribution in [0.15, 0.2) is 4.99 Å². The second-order valence-corrected chi connectivity index (χ2v) is 9.07. The summed E-state index contributed by atoms with van der Waals surface area (Å²) in [5.41, 5.74) is 0. The average Bonchev–Trinajstić information content (AvgIpc) is 2.50. The molecule has 0 fully saturated rings. The molecule has 0 aromatic rings. The van der Waals surface area contributed by atoms with Gasteiger partial charge in [0.25, 0.3) is 0 Å². The van der Waals surface area contributed by atoms with Gasteiger partial charge in [0.2, 0.25) is 10.0 Å². The molecule has 1 unspecified atom stereocenters. The quantitative estimate of drug-likeness (QED) is 0.318. The van der Waals surface area contributed by atoms with Gasteiger partial charge in [-0.2, -0.15) is 0 Å². The monoisotopic (exact) mass is 362 g/mol. The zero-order valence-corrected chi connectivity index (χ0v) is 17.2. The zero-order chi connectivity index (χ0) is 18.6. The third kappa shape index (κ3) is 10.9. The van der Waals surface area contributed by atoms with E-state index in [1.807, 2.05) is 6.92 Å². The van der Waals surface area contributed by atoms with E-state index in [1.54, 1.807) is 14.0 Å². The molecule has 144 valence electrons. The van der Waals surface area contributed by atoms with E-state index in [-0.39, 0.29) is 5.75 Å². The summed E-state index contributed by atoms with van der Waals surface area (Å²) >= 11 is 0. The van der Waals surface area contributed by atoms with Gasteiger partial charge in [0, 0.05) is 32.7 Å². The van der Waals surface area contributed by atoms with E-state index in [2.05, 4.69) is 36.4 Å². The maximum absolute atomic E-state index is 11.7. The van der Waals surface area contributed by atoms with Crippen LogP contribution in [-0.2, 0) is 10.0 Å². The van der Waals surface area contributed by atoms with Gasteiger partial charge in [-0.05, 0) is 39.5 Å². The standard InChI is InChI=1S/C17H38N4O2S/c1-7-18-17(20-16(5)12-9-11-15(3)4)19-13-10-14-21(6)24(22,23)8-2/h15-16H,7-14H2,1-6H3,(H2,18,19,20). The highest BCUT2D eigenvalue weighted by atomic mass is 32.2. The van der Waals surface area contributed by atoms with Gasteiger partial charge >= 0.3 is 0 Å². The lowest BCUT2D eigenvalue weighted by Crippen LogP contribution is -2.42. The number of aliphatic imine (C=N–C) groups is 1. The Balaban J connectivity index is 4.27. The Kier molecular flexibility index (Phi) is 12.1. The summed E-state index contributed by atoms with van der Waals surface area (Å²) in [6.45, 7) is 12.3. The van der Waals surface area contributed by atoms with Crippen LogP contribution in [0.1, 0.15) is 60.3 Å². The molecule has 0 aliphatic heterocycles. The first-order valence-electron chi connectivity index (χ1n) is 9.21. The minimum absolute atomic E-state index is 0.144. The van der Waals surface area contributed by atoms with Crippen molar-refractivity contribution < 1.29 is 8.42 Å². The molecule has 0 amide bonds. The highest BCUT2D eigenvalue weighted by Crippen LogP contribution is 2.08. The predicted molar refractivity (Wildman–Crippen MR) is 104 cm³/mol. The molecule has 0 bridgehead atoms. The third-order valence-electron chi connectivity index (χ3n) is 3.89.